The first kappa shape index (κ1) is 15.1. The fourth-order valence-corrected chi connectivity index (χ4v) is 3.53. The van der Waals surface area contributed by atoms with E-state index in [1.54, 1.807) is 0 Å². The predicted octanol–water partition coefficient (Wildman–Crippen LogP) is 3.31. The van der Waals surface area contributed by atoms with E-state index in [2.05, 4.69) is 5.32 Å². The maximum Gasteiger partial charge on any atom is 0.226 e. The van der Waals surface area contributed by atoms with Gasteiger partial charge < -0.3 is 10.2 Å². The van der Waals surface area contributed by atoms with Crippen LogP contribution < -0.4 is 5.32 Å². The minimum atomic E-state index is 0.123. The van der Waals surface area contributed by atoms with Crippen LogP contribution in [0, 0.1) is 5.92 Å². The minimum absolute atomic E-state index is 0.123. The Kier molecular flexibility index (Phi) is 4.43. The molecular formula is C16H20Cl2N2O. The van der Waals surface area contributed by atoms with Crippen LogP contribution in [0.15, 0.2) is 18.2 Å². The highest BCUT2D eigenvalue weighted by Crippen LogP contribution is 2.49. The van der Waals surface area contributed by atoms with Gasteiger partial charge in [0, 0.05) is 25.0 Å². The summed E-state index contributed by atoms with van der Waals surface area (Å²) >= 11 is 12.0. The first-order valence-electron chi connectivity index (χ1n) is 7.51. The summed E-state index contributed by atoms with van der Waals surface area (Å²) < 4.78 is 0. The molecule has 0 bridgehead atoms. The number of likely N-dealkylation sites (N-methyl/N-ethyl adjacent to an activating group) is 1. The maximum atomic E-state index is 12.6. The molecule has 114 valence electrons. The van der Waals surface area contributed by atoms with Gasteiger partial charge in [0.05, 0.1) is 10.0 Å². The molecule has 0 spiro atoms. The van der Waals surface area contributed by atoms with Crippen molar-refractivity contribution in [2.75, 3.05) is 20.1 Å². The lowest BCUT2D eigenvalue weighted by Crippen LogP contribution is -2.47. The van der Waals surface area contributed by atoms with E-state index in [0.29, 0.717) is 27.9 Å². The average Bonchev–Trinajstić information content (AvgIpc) is 3.30. The molecule has 1 heterocycles. The highest BCUT2D eigenvalue weighted by molar-refractivity contribution is 6.42. The normalized spacial score (nSPS) is 28.5. The summed E-state index contributed by atoms with van der Waals surface area (Å²) in [7, 11) is 1.97. The third kappa shape index (κ3) is 3.20. The van der Waals surface area contributed by atoms with Gasteiger partial charge in [-0.05, 0) is 49.9 Å². The Morgan fingerprint density at radius 1 is 1.33 bits per heavy atom. The zero-order valence-corrected chi connectivity index (χ0v) is 13.6. The van der Waals surface area contributed by atoms with E-state index < -0.39 is 0 Å². The number of nitrogens with zero attached hydrogens (tertiary/aromatic N) is 1. The molecule has 2 aliphatic rings. The Morgan fingerprint density at radius 2 is 2.14 bits per heavy atom. The van der Waals surface area contributed by atoms with Crippen LogP contribution in [-0.4, -0.2) is 37.0 Å². The second-order valence-electron chi connectivity index (χ2n) is 6.03. The highest BCUT2D eigenvalue weighted by atomic mass is 35.5. The molecule has 1 aliphatic carbocycles. The summed E-state index contributed by atoms with van der Waals surface area (Å²) in [5.74, 6) is 0.728. The van der Waals surface area contributed by atoms with Gasteiger partial charge in [0.1, 0.15) is 0 Å². The van der Waals surface area contributed by atoms with Crippen molar-refractivity contribution in [3.63, 3.8) is 0 Å². The number of piperidine rings is 1. The van der Waals surface area contributed by atoms with E-state index in [4.69, 9.17) is 23.2 Å². The molecule has 21 heavy (non-hydrogen) atoms. The number of carbonyl (C=O) groups is 1. The molecule has 5 heteroatoms. The highest BCUT2D eigenvalue weighted by Gasteiger charge is 2.46. The Balaban J connectivity index is 1.64. The molecule has 1 N–H and O–H groups in total. The molecule has 1 saturated carbocycles. The van der Waals surface area contributed by atoms with Gasteiger partial charge in [-0.15, -0.1) is 0 Å². The molecule has 3 rings (SSSR count). The summed E-state index contributed by atoms with van der Waals surface area (Å²) in [5, 5.41) is 4.42. The zero-order valence-electron chi connectivity index (χ0n) is 12.1. The SMILES string of the molecule is CN[C@@H]1CCCN(C(=O)[C@@H]2C[C@@H]2c2ccc(Cl)c(Cl)c2)C1. The van der Waals surface area contributed by atoms with E-state index in [1.807, 2.05) is 30.1 Å². The van der Waals surface area contributed by atoms with Gasteiger partial charge in [0.15, 0.2) is 0 Å². The Labute approximate surface area is 135 Å². The number of rotatable bonds is 3. The van der Waals surface area contributed by atoms with Crippen molar-refractivity contribution in [1.29, 1.82) is 0 Å². The number of hydrogen-bond donors (Lipinski definition) is 1. The van der Waals surface area contributed by atoms with Crippen LogP contribution in [0.1, 0.15) is 30.7 Å². The first-order valence-corrected chi connectivity index (χ1v) is 8.26. The summed E-state index contributed by atoms with van der Waals surface area (Å²) in [6.45, 7) is 1.72. The zero-order chi connectivity index (χ0) is 15.0. The number of amides is 1. The van der Waals surface area contributed by atoms with Crippen molar-refractivity contribution in [1.82, 2.24) is 10.2 Å². The van der Waals surface area contributed by atoms with Gasteiger partial charge in [0.25, 0.3) is 0 Å². The Bertz CT molecular complexity index is 549. The summed E-state index contributed by atoms with van der Waals surface area (Å²) in [6.07, 6.45) is 3.17. The van der Waals surface area contributed by atoms with Crippen molar-refractivity contribution >= 4 is 29.1 Å². The average molecular weight is 327 g/mol. The van der Waals surface area contributed by atoms with Crippen LogP contribution in [0.3, 0.4) is 0 Å². The van der Waals surface area contributed by atoms with Crippen molar-refractivity contribution in [3.05, 3.63) is 33.8 Å². The Hall–Kier alpha value is -0.770. The number of hydrogen-bond acceptors (Lipinski definition) is 2. The van der Waals surface area contributed by atoms with Crippen LogP contribution in [0.2, 0.25) is 10.0 Å². The molecule has 2 fully saturated rings. The number of halogens is 2. The third-order valence-electron chi connectivity index (χ3n) is 4.62. The topological polar surface area (TPSA) is 32.3 Å². The van der Waals surface area contributed by atoms with Gasteiger partial charge >= 0.3 is 0 Å². The van der Waals surface area contributed by atoms with Crippen molar-refractivity contribution in [2.24, 2.45) is 5.92 Å². The number of likely N-dealkylation sites (tertiary alicyclic amines) is 1. The molecule has 1 aromatic carbocycles. The second kappa shape index (κ2) is 6.15. The first-order chi connectivity index (χ1) is 10.1. The smallest absolute Gasteiger partial charge is 0.226 e. The van der Waals surface area contributed by atoms with Gasteiger partial charge in [-0.25, -0.2) is 0 Å². The van der Waals surface area contributed by atoms with Gasteiger partial charge in [-0.2, -0.15) is 0 Å². The molecular weight excluding hydrogens is 307 g/mol. The van der Waals surface area contributed by atoms with E-state index in [1.165, 1.54) is 0 Å². The molecule has 0 aromatic heterocycles. The van der Waals surface area contributed by atoms with Gasteiger partial charge in [0.2, 0.25) is 5.91 Å². The third-order valence-corrected chi connectivity index (χ3v) is 5.36. The molecule has 1 aromatic rings. The molecule has 3 atom stereocenters. The fraction of sp³-hybridized carbons (Fsp3) is 0.562. The largest absolute Gasteiger partial charge is 0.341 e. The number of benzene rings is 1. The van der Waals surface area contributed by atoms with Crippen LogP contribution in [0.4, 0.5) is 0 Å². The molecule has 1 aliphatic heterocycles. The molecule has 0 unspecified atom stereocenters. The van der Waals surface area contributed by atoms with Crippen molar-refractivity contribution < 1.29 is 4.79 Å². The van der Waals surface area contributed by atoms with Crippen LogP contribution in [0.5, 0.6) is 0 Å². The van der Waals surface area contributed by atoms with E-state index in [-0.39, 0.29) is 5.92 Å². The minimum Gasteiger partial charge on any atom is -0.341 e. The molecule has 3 nitrogen and oxygen atoms in total. The van der Waals surface area contributed by atoms with Crippen LogP contribution in [-0.2, 0) is 4.79 Å². The van der Waals surface area contributed by atoms with Crippen molar-refractivity contribution in [3.8, 4) is 0 Å². The van der Waals surface area contributed by atoms with E-state index in [9.17, 15) is 4.79 Å². The summed E-state index contributed by atoms with van der Waals surface area (Å²) in [6, 6.07) is 6.13. The van der Waals surface area contributed by atoms with E-state index in [0.717, 1.165) is 37.9 Å². The maximum absolute atomic E-state index is 12.6. The van der Waals surface area contributed by atoms with Gasteiger partial charge in [-0.1, -0.05) is 29.3 Å². The van der Waals surface area contributed by atoms with Gasteiger partial charge in [-0.3, -0.25) is 4.79 Å². The van der Waals surface area contributed by atoms with E-state index >= 15 is 0 Å². The monoisotopic (exact) mass is 326 g/mol. The Morgan fingerprint density at radius 3 is 2.86 bits per heavy atom. The molecule has 1 amide bonds. The number of carbonyl (C=O) groups excluding carboxylic acids is 1. The van der Waals surface area contributed by atoms with Crippen LogP contribution >= 0.6 is 23.2 Å². The predicted molar refractivity (Wildman–Crippen MR) is 86.0 cm³/mol. The quantitative estimate of drug-likeness (QED) is 0.924. The lowest BCUT2D eigenvalue weighted by molar-refractivity contribution is -0.134. The number of nitrogens with one attached hydrogen (secondary N) is 1. The second-order valence-corrected chi connectivity index (χ2v) is 6.85. The lowest BCUT2D eigenvalue weighted by Gasteiger charge is -2.32. The standard InChI is InChI=1S/C16H20Cl2N2O/c1-19-11-3-2-6-20(9-11)16(21)13-8-12(13)10-4-5-14(17)15(18)7-10/h4-5,7,11-13,19H,2-3,6,8-9H2,1H3/t11-,12-,13-/m1/s1. The van der Waals surface area contributed by atoms with Crippen molar-refractivity contribution in [2.45, 2.75) is 31.2 Å². The molecule has 1 saturated heterocycles. The molecule has 0 radical (unpaired) electrons. The summed E-state index contributed by atoms with van der Waals surface area (Å²) in [4.78, 5) is 14.6. The fourth-order valence-electron chi connectivity index (χ4n) is 3.23. The van der Waals surface area contributed by atoms with Crippen LogP contribution in [0.25, 0.3) is 0 Å². The summed E-state index contributed by atoms with van der Waals surface area (Å²) in [5.41, 5.74) is 1.13. The lowest BCUT2D eigenvalue weighted by atomic mass is 10.0.